The number of anilines is 2. The monoisotopic (exact) mass is 593 g/mol. The molecular formula is C29H17F6N7O. The molecule has 0 atom stereocenters. The van der Waals surface area contributed by atoms with Crippen LogP contribution in [0.25, 0.3) is 16.6 Å². The van der Waals surface area contributed by atoms with Crippen LogP contribution < -0.4 is 5.32 Å². The highest BCUT2D eigenvalue weighted by molar-refractivity contribution is 5.90. The number of benzene rings is 1. The summed E-state index contributed by atoms with van der Waals surface area (Å²) in [6.07, 6.45) is -2.70. The van der Waals surface area contributed by atoms with E-state index in [9.17, 15) is 26.3 Å². The number of pyridine rings is 3. The molecule has 216 valence electrons. The highest BCUT2D eigenvalue weighted by Crippen LogP contribution is 2.35. The Morgan fingerprint density at radius 3 is 2.53 bits per heavy atom. The number of tetrazole rings is 1. The number of nitrogens with one attached hydrogen (secondary N) is 1. The molecule has 1 N–H and O–H groups in total. The number of hydrogen-bond donors (Lipinski definition) is 1. The summed E-state index contributed by atoms with van der Waals surface area (Å²) in [5.41, 5.74) is 1.14. The molecule has 0 fully saturated rings. The van der Waals surface area contributed by atoms with E-state index in [1.165, 1.54) is 23.2 Å². The predicted molar refractivity (Wildman–Crippen MR) is 142 cm³/mol. The molecule has 0 saturated heterocycles. The third kappa shape index (κ3) is 5.82. The number of alkyl halides is 6. The minimum Gasteiger partial charge on any atom is -0.463 e. The minimum atomic E-state index is -4.61. The van der Waals surface area contributed by atoms with E-state index in [1.807, 2.05) is 0 Å². The molecule has 0 saturated carbocycles. The van der Waals surface area contributed by atoms with Crippen molar-refractivity contribution in [2.45, 2.75) is 25.7 Å². The maximum absolute atomic E-state index is 13.4. The van der Waals surface area contributed by atoms with Gasteiger partial charge in [-0.3, -0.25) is 4.98 Å². The number of halogens is 6. The van der Waals surface area contributed by atoms with Crippen molar-refractivity contribution in [1.29, 1.82) is 0 Å². The van der Waals surface area contributed by atoms with E-state index in [-0.39, 0.29) is 29.1 Å². The van der Waals surface area contributed by atoms with Crippen LogP contribution in [0.4, 0.5) is 37.8 Å². The van der Waals surface area contributed by atoms with Gasteiger partial charge in [-0.05, 0) is 53.2 Å². The first-order chi connectivity index (χ1) is 20.4. The minimum absolute atomic E-state index is 0.00561. The zero-order valence-corrected chi connectivity index (χ0v) is 21.9. The molecule has 1 aromatic carbocycles. The molecule has 0 aliphatic carbocycles. The molecule has 0 spiro atoms. The van der Waals surface area contributed by atoms with Crippen molar-refractivity contribution in [3.8, 4) is 11.8 Å². The average Bonchev–Trinajstić information content (AvgIpc) is 3.58. The van der Waals surface area contributed by atoms with Crippen molar-refractivity contribution in [3.63, 3.8) is 0 Å². The van der Waals surface area contributed by atoms with Gasteiger partial charge in [0.05, 0.1) is 29.3 Å². The second-order valence-corrected chi connectivity index (χ2v) is 9.60. The molecule has 0 aliphatic rings. The molecule has 0 radical (unpaired) electrons. The SMILES string of the molecule is Cc1cc(Cc2coc3c(C#Cc4ccc5nnnn5c4)c(Nc4cncc(C(F)(F)F)c4)ncc23)cc(C(F)(F)F)c1. The number of rotatable bonds is 4. The molecule has 14 heteroatoms. The van der Waals surface area contributed by atoms with Crippen LogP contribution in [-0.4, -0.2) is 30.0 Å². The predicted octanol–water partition coefficient (Wildman–Crippen LogP) is 6.74. The maximum Gasteiger partial charge on any atom is 0.417 e. The summed E-state index contributed by atoms with van der Waals surface area (Å²) in [4.78, 5) is 8.06. The quantitative estimate of drug-likeness (QED) is 0.179. The molecule has 0 amide bonds. The lowest BCUT2D eigenvalue weighted by molar-refractivity contribution is -0.138. The Hall–Kier alpha value is -5.45. The summed E-state index contributed by atoms with van der Waals surface area (Å²) in [7, 11) is 0. The van der Waals surface area contributed by atoms with Crippen molar-refractivity contribution in [2.24, 2.45) is 0 Å². The summed E-state index contributed by atoms with van der Waals surface area (Å²) >= 11 is 0. The maximum atomic E-state index is 13.4. The Morgan fingerprint density at radius 1 is 0.930 bits per heavy atom. The highest BCUT2D eigenvalue weighted by Gasteiger charge is 2.32. The number of hydrogen-bond acceptors (Lipinski definition) is 7. The van der Waals surface area contributed by atoms with Gasteiger partial charge in [-0.25, -0.2) is 4.98 Å². The van der Waals surface area contributed by atoms with Gasteiger partial charge in [0.1, 0.15) is 11.4 Å². The number of aryl methyl sites for hydroxylation is 1. The summed E-state index contributed by atoms with van der Waals surface area (Å²) in [5, 5.41) is 14.6. The standard InChI is InChI=1S/C29H17F6N7O/c1-16-6-18(9-20(7-16)28(30,31)32)8-19-15-43-26-23(4-2-17-3-5-25-39-40-41-42(25)14-17)27(37-13-24(19)26)38-22-10-21(11-36-12-22)29(33,34)35/h3,5-7,9-15H,8H2,1H3,(H,37,38). The molecule has 5 aromatic heterocycles. The van der Waals surface area contributed by atoms with Crippen molar-refractivity contribution in [2.75, 3.05) is 5.32 Å². The molecule has 5 heterocycles. The first kappa shape index (κ1) is 27.7. The van der Waals surface area contributed by atoms with Gasteiger partial charge in [0.15, 0.2) is 11.2 Å². The highest BCUT2D eigenvalue weighted by atomic mass is 19.4. The van der Waals surface area contributed by atoms with Crippen molar-refractivity contribution in [3.05, 3.63) is 106 Å². The van der Waals surface area contributed by atoms with E-state index in [0.717, 1.165) is 18.2 Å². The molecule has 0 aliphatic heterocycles. The number of aromatic nitrogens is 6. The second kappa shape index (κ2) is 10.4. The van der Waals surface area contributed by atoms with Gasteiger partial charge in [-0.15, -0.1) is 5.10 Å². The average molecular weight is 593 g/mol. The van der Waals surface area contributed by atoms with E-state index < -0.39 is 23.5 Å². The van der Waals surface area contributed by atoms with Gasteiger partial charge in [0.25, 0.3) is 0 Å². The Labute approximate surface area is 238 Å². The summed E-state index contributed by atoms with van der Waals surface area (Å²) in [6.45, 7) is 1.58. The smallest absolute Gasteiger partial charge is 0.417 e. The van der Waals surface area contributed by atoms with Crippen LogP contribution in [0, 0.1) is 18.8 Å². The molecule has 43 heavy (non-hydrogen) atoms. The first-order valence-corrected chi connectivity index (χ1v) is 12.5. The van der Waals surface area contributed by atoms with Crippen molar-refractivity contribution < 1.29 is 30.8 Å². The molecule has 6 rings (SSSR count). The summed E-state index contributed by atoms with van der Waals surface area (Å²) < 4.78 is 87.4. The van der Waals surface area contributed by atoms with Gasteiger partial charge in [-0.1, -0.05) is 23.5 Å². The second-order valence-electron chi connectivity index (χ2n) is 9.60. The number of fused-ring (bicyclic) bond motifs is 2. The van der Waals surface area contributed by atoms with Gasteiger partial charge in [0, 0.05) is 41.5 Å². The lowest BCUT2D eigenvalue weighted by atomic mass is 9.99. The van der Waals surface area contributed by atoms with E-state index in [1.54, 1.807) is 31.3 Å². The van der Waals surface area contributed by atoms with Gasteiger partial charge >= 0.3 is 12.4 Å². The zero-order valence-electron chi connectivity index (χ0n) is 21.9. The van der Waals surface area contributed by atoms with Crippen molar-refractivity contribution >= 4 is 28.1 Å². The number of furan rings is 1. The van der Waals surface area contributed by atoms with Gasteiger partial charge in [0.2, 0.25) is 0 Å². The van der Waals surface area contributed by atoms with E-state index in [2.05, 4.69) is 42.7 Å². The van der Waals surface area contributed by atoms with Gasteiger partial charge in [-0.2, -0.15) is 30.9 Å². The Bertz CT molecular complexity index is 2050. The van der Waals surface area contributed by atoms with E-state index >= 15 is 0 Å². The third-order valence-electron chi connectivity index (χ3n) is 6.41. The van der Waals surface area contributed by atoms with Gasteiger partial charge < -0.3 is 9.73 Å². The van der Waals surface area contributed by atoms with Crippen LogP contribution in [0.3, 0.4) is 0 Å². The van der Waals surface area contributed by atoms with Crippen LogP contribution in [0.1, 0.15) is 38.9 Å². The summed E-state index contributed by atoms with van der Waals surface area (Å²) in [5.74, 6) is 6.01. The Kier molecular flexibility index (Phi) is 6.72. The lowest BCUT2D eigenvalue weighted by Crippen LogP contribution is -2.07. The molecular weight excluding hydrogens is 576 g/mol. The van der Waals surface area contributed by atoms with Crippen molar-refractivity contribution in [1.82, 2.24) is 30.0 Å². The normalized spacial score (nSPS) is 12.0. The topological polar surface area (TPSA) is 94.0 Å². The van der Waals surface area contributed by atoms with Crippen LogP contribution >= 0.6 is 0 Å². The lowest BCUT2D eigenvalue weighted by Gasteiger charge is -2.11. The third-order valence-corrected chi connectivity index (χ3v) is 6.41. The Balaban J connectivity index is 1.44. The molecule has 0 bridgehead atoms. The fourth-order valence-corrected chi connectivity index (χ4v) is 4.48. The molecule has 8 nitrogen and oxygen atoms in total. The largest absolute Gasteiger partial charge is 0.463 e. The van der Waals surface area contributed by atoms with Crippen LogP contribution in [0.15, 0.2) is 71.9 Å². The van der Waals surface area contributed by atoms with E-state index in [0.29, 0.717) is 39.5 Å². The molecule has 6 aromatic rings. The van der Waals surface area contributed by atoms with E-state index in [4.69, 9.17) is 4.42 Å². The zero-order chi connectivity index (χ0) is 30.4. The number of nitrogens with zero attached hydrogens (tertiary/aromatic N) is 6. The fourth-order valence-electron chi connectivity index (χ4n) is 4.48. The summed E-state index contributed by atoms with van der Waals surface area (Å²) in [6, 6.07) is 8.00. The Morgan fingerprint density at radius 2 is 1.74 bits per heavy atom. The fraction of sp³-hybridized carbons (Fsp3) is 0.138. The van der Waals surface area contributed by atoms with Crippen LogP contribution in [-0.2, 0) is 18.8 Å². The van der Waals surface area contributed by atoms with Crippen LogP contribution in [0.5, 0.6) is 0 Å². The first-order valence-electron chi connectivity index (χ1n) is 12.5. The van der Waals surface area contributed by atoms with Crippen LogP contribution in [0.2, 0.25) is 0 Å². The molecule has 0 unspecified atom stereocenters.